The number of carbonyl (C=O) groups excluding carboxylic acids is 1. The zero-order valence-electron chi connectivity index (χ0n) is 15.1. The van der Waals surface area contributed by atoms with E-state index in [1.165, 1.54) is 0 Å². The average molecular weight is 354 g/mol. The Morgan fingerprint density at radius 2 is 1.81 bits per heavy atom. The number of nitrogens with zero attached hydrogens (tertiary/aromatic N) is 2. The van der Waals surface area contributed by atoms with Crippen molar-refractivity contribution < 1.29 is 19.3 Å². The van der Waals surface area contributed by atoms with Gasteiger partial charge in [-0.1, -0.05) is 12.1 Å². The molecule has 0 spiro atoms. The minimum atomic E-state index is 0.0245. The van der Waals surface area contributed by atoms with Crippen molar-refractivity contribution in [3.05, 3.63) is 54.2 Å². The maximum Gasteiger partial charge on any atom is 0.274 e. The summed E-state index contributed by atoms with van der Waals surface area (Å²) in [5.41, 5.74) is 0.897. The van der Waals surface area contributed by atoms with E-state index in [9.17, 15) is 4.79 Å². The highest BCUT2D eigenvalue weighted by molar-refractivity contribution is 5.92. The lowest BCUT2D eigenvalue weighted by molar-refractivity contribution is -0.364. The number of benzene rings is 1. The number of aromatic amines is 1. The summed E-state index contributed by atoms with van der Waals surface area (Å²) in [5, 5.41) is 0. The van der Waals surface area contributed by atoms with Crippen molar-refractivity contribution in [3.63, 3.8) is 0 Å². The summed E-state index contributed by atoms with van der Waals surface area (Å²) in [6, 6.07) is 11.6. The molecule has 1 aromatic carbocycles. The second-order valence-electron chi connectivity index (χ2n) is 6.01. The molecule has 1 saturated heterocycles. The van der Waals surface area contributed by atoms with Gasteiger partial charge in [0, 0.05) is 12.1 Å². The van der Waals surface area contributed by atoms with Crippen LogP contribution in [-0.4, -0.2) is 51.2 Å². The van der Waals surface area contributed by atoms with Crippen LogP contribution in [0.15, 0.2) is 48.7 Å². The molecule has 1 N–H and O–H groups in total. The summed E-state index contributed by atoms with van der Waals surface area (Å²) < 4.78 is 10.5. The summed E-state index contributed by atoms with van der Waals surface area (Å²) in [7, 11) is 3.20. The Morgan fingerprint density at radius 1 is 1.04 bits per heavy atom. The first-order valence-electron chi connectivity index (χ1n) is 8.62. The number of aromatic nitrogens is 1. The molecule has 0 radical (unpaired) electrons. The second-order valence-corrected chi connectivity index (χ2v) is 6.01. The maximum atomic E-state index is 12.4. The Labute approximate surface area is 153 Å². The van der Waals surface area contributed by atoms with Crippen LogP contribution in [-0.2, 0) is 4.79 Å². The van der Waals surface area contributed by atoms with E-state index in [0.717, 1.165) is 24.5 Å². The number of H-pyrrole nitrogens is 1. The van der Waals surface area contributed by atoms with Crippen molar-refractivity contribution in [2.24, 2.45) is 0 Å². The summed E-state index contributed by atoms with van der Waals surface area (Å²) in [5.74, 6) is 2.43. The predicted octanol–water partition coefficient (Wildman–Crippen LogP) is 1.88. The quantitative estimate of drug-likeness (QED) is 0.770. The molecule has 136 valence electrons. The molecule has 2 aromatic rings. The molecule has 0 aliphatic carbocycles. The summed E-state index contributed by atoms with van der Waals surface area (Å²) in [6.07, 6.45) is 5.34. The third-order valence-corrected chi connectivity index (χ3v) is 4.45. The Balaban J connectivity index is 1.58. The number of hydrogen-bond acceptors (Lipinski definition) is 4. The number of rotatable bonds is 5. The van der Waals surface area contributed by atoms with Gasteiger partial charge in [-0.25, -0.2) is 4.98 Å². The van der Waals surface area contributed by atoms with E-state index in [2.05, 4.69) is 16.0 Å². The lowest BCUT2D eigenvalue weighted by atomic mass is 10.2. The molecule has 3 rings (SSSR count). The van der Waals surface area contributed by atoms with Gasteiger partial charge in [0.1, 0.15) is 13.1 Å². The van der Waals surface area contributed by atoms with Crippen molar-refractivity contribution in [1.82, 2.24) is 4.90 Å². The van der Waals surface area contributed by atoms with Crippen molar-refractivity contribution in [1.29, 1.82) is 0 Å². The van der Waals surface area contributed by atoms with E-state index < -0.39 is 0 Å². The van der Waals surface area contributed by atoms with Crippen molar-refractivity contribution in [2.45, 2.75) is 0 Å². The third-order valence-electron chi connectivity index (χ3n) is 4.45. The summed E-state index contributed by atoms with van der Waals surface area (Å²) in [6.45, 7) is 3.04. The van der Waals surface area contributed by atoms with Crippen LogP contribution in [0.25, 0.3) is 6.08 Å². The topological polar surface area (TPSA) is 56.2 Å². The minimum Gasteiger partial charge on any atom is -0.493 e. The van der Waals surface area contributed by atoms with Gasteiger partial charge in [-0.2, -0.15) is 0 Å². The maximum absolute atomic E-state index is 12.4. The van der Waals surface area contributed by atoms with Gasteiger partial charge in [0.2, 0.25) is 5.91 Å². The van der Waals surface area contributed by atoms with Gasteiger partial charge < -0.3 is 14.4 Å². The molecule has 0 saturated carbocycles. The van der Waals surface area contributed by atoms with E-state index >= 15 is 0 Å². The highest BCUT2D eigenvalue weighted by Crippen LogP contribution is 2.28. The number of ether oxygens (including phenoxy) is 2. The number of amides is 1. The first kappa shape index (κ1) is 17.8. The molecule has 6 nitrogen and oxygen atoms in total. The second kappa shape index (κ2) is 8.38. The van der Waals surface area contributed by atoms with Crippen LogP contribution in [0, 0.1) is 0 Å². The van der Waals surface area contributed by atoms with E-state index in [1.807, 2.05) is 47.5 Å². The van der Waals surface area contributed by atoms with Crippen LogP contribution in [0.5, 0.6) is 11.5 Å². The number of piperazine rings is 1. The standard InChI is InChI=1S/C20H23N3O3/c1-25-17-8-6-16(15-18(17)26-2)7-9-20(24)23-13-11-22(12-14-23)19-5-3-4-10-21-19/h3-10,15H,11-14H2,1-2H3/p+1/b9-7+. The molecule has 0 bridgehead atoms. The fraction of sp³-hybridized carbons (Fsp3) is 0.300. The molecular weight excluding hydrogens is 330 g/mol. The van der Waals surface area contributed by atoms with Crippen LogP contribution in [0.2, 0.25) is 0 Å². The first-order valence-corrected chi connectivity index (χ1v) is 8.62. The highest BCUT2D eigenvalue weighted by atomic mass is 16.5. The molecule has 1 fully saturated rings. The van der Waals surface area contributed by atoms with Crippen LogP contribution in [0.1, 0.15) is 5.56 Å². The zero-order chi connectivity index (χ0) is 18.4. The monoisotopic (exact) mass is 354 g/mol. The van der Waals surface area contributed by atoms with Crippen LogP contribution >= 0.6 is 0 Å². The van der Waals surface area contributed by atoms with E-state index in [1.54, 1.807) is 20.3 Å². The number of carbonyl (C=O) groups is 1. The van der Waals surface area contributed by atoms with Crippen LogP contribution < -0.4 is 19.4 Å². The molecule has 1 aliphatic heterocycles. The normalized spacial score (nSPS) is 14.5. The molecule has 2 heterocycles. The fourth-order valence-corrected chi connectivity index (χ4v) is 2.98. The molecule has 1 amide bonds. The Bertz CT molecular complexity index is 769. The van der Waals surface area contributed by atoms with Gasteiger partial charge in [0.25, 0.3) is 5.82 Å². The molecular formula is C20H24N3O3+. The fourth-order valence-electron chi connectivity index (χ4n) is 2.98. The Hall–Kier alpha value is -3.02. The SMILES string of the molecule is COc1ccc(/C=C/C(=O)N2CCN(c3cccc[nH+]3)CC2)cc1OC. The highest BCUT2D eigenvalue weighted by Gasteiger charge is 2.24. The number of pyridine rings is 1. The molecule has 6 heteroatoms. The number of methoxy groups -OCH3 is 2. The van der Waals surface area contributed by atoms with E-state index in [0.29, 0.717) is 24.6 Å². The lowest BCUT2D eigenvalue weighted by Gasteiger charge is -2.30. The lowest BCUT2D eigenvalue weighted by Crippen LogP contribution is -2.49. The molecule has 1 aromatic heterocycles. The minimum absolute atomic E-state index is 0.0245. The number of nitrogens with one attached hydrogen (secondary N) is 1. The molecule has 0 atom stereocenters. The summed E-state index contributed by atoms with van der Waals surface area (Å²) in [4.78, 5) is 19.8. The molecule has 0 unspecified atom stereocenters. The van der Waals surface area contributed by atoms with Crippen molar-refractivity contribution >= 4 is 17.8 Å². The zero-order valence-corrected chi connectivity index (χ0v) is 15.1. The number of hydrogen-bond donors (Lipinski definition) is 0. The largest absolute Gasteiger partial charge is 0.493 e. The Kier molecular flexibility index (Phi) is 5.73. The predicted molar refractivity (Wildman–Crippen MR) is 100 cm³/mol. The van der Waals surface area contributed by atoms with Crippen molar-refractivity contribution in [2.75, 3.05) is 45.3 Å². The first-order chi connectivity index (χ1) is 12.7. The van der Waals surface area contributed by atoms with E-state index in [4.69, 9.17) is 9.47 Å². The summed E-state index contributed by atoms with van der Waals surface area (Å²) >= 11 is 0. The van der Waals surface area contributed by atoms with Gasteiger partial charge in [-0.05, 0) is 29.8 Å². The smallest absolute Gasteiger partial charge is 0.274 e. The van der Waals surface area contributed by atoms with Crippen LogP contribution in [0.3, 0.4) is 0 Å². The Morgan fingerprint density at radius 3 is 2.46 bits per heavy atom. The van der Waals surface area contributed by atoms with Gasteiger partial charge in [-0.15, -0.1) is 0 Å². The van der Waals surface area contributed by atoms with Gasteiger partial charge in [-0.3, -0.25) is 9.69 Å². The number of anilines is 1. The average Bonchev–Trinajstić information content (AvgIpc) is 2.72. The van der Waals surface area contributed by atoms with E-state index in [-0.39, 0.29) is 5.91 Å². The van der Waals surface area contributed by atoms with Gasteiger partial charge in [0.05, 0.1) is 33.5 Å². The van der Waals surface area contributed by atoms with Crippen LogP contribution in [0.4, 0.5) is 5.82 Å². The van der Waals surface area contributed by atoms with Gasteiger partial charge >= 0.3 is 0 Å². The van der Waals surface area contributed by atoms with Crippen molar-refractivity contribution in [3.8, 4) is 11.5 Å². The van der Waals surface area contributed by atoms with Gasteiger partial charge in [0.15, 0.2) is 11.5 Å². The molecule has 26 heavy (non-hydrogen) atoms. The molecule has 1 aliphatic rings. The third kappa shape index (κ3) is 4.14.